The van der Waals surface area contributed by atoms with Gasteiger partial charge in [0.25, 0.3) is 6.47 Å². The van der Waals surface area contributed by atoms with Gasteiger partial charge in [-0.3, -0.25) is 9.69 Å². The molecular weight excluding hydrogens is 238 g/mol. The first-order valence-corrected chi connectivity index (χ1v) is 5.82. The van der Waals surface area contributed by atoms with Crippen molar-refractivity contribution in [3.8, 4) is 0 Å². The molecule has 0 radical (unpaired) electrons. The van der Waals surface area contributed by atoms with Crippen molar-refractivity contribution in [1.29, 1.82) is 0 Å². The Balaban J connectivity index is 0.000000152. The van der Waals surface area contributed by atoms with Gasteiger partial charge in [-0.1, -0.05) is 0 Å². The van der Waals surface area contributed by atoms with Gasteiger partial charge in [0.1, 0.15) is 11.8 Å². The van der Waals surface area contributed by atoms with E-state index >= 15 is 0 Å². The lowest BCUT2D eigenvalue weighted by atomic mass is 10.2. The molecule has 0 saturated carbocycles. The van der Waals surface area contributed by atoms with E-state index < -0.39 is 0 Å². The summed E-state index contributed by atoms with van der Waals surface area (Å²) in [6, 6.07) is 0.318. The number of ether oxygens (including phenoxy) is 2. The highest BCUT2D eigenvalue weighted by molar-refractivity contribution is 5.37. The summed E-state index contributed by atoms with van der Waals surface area (Å²) in [6.07, 6.45) is 0.149. The van der Waals surface area contributed by atoms with E-state index in [1.165, 1.54) is 0 Å². The number of nitrogens with zero attached hydrogens (tertiary/aromatic N) is 5. The number of fused-ring (bicyclic) bond motifs is 1. The molecule has 0 aromatic heterocycles. The van der Waals surface area contributed by atoms with Crippen molar-refractivity contribution in [2.75, 3.05) is 13.2 Å². The Morgan fingerprint density at radius 1 is 1.33 bits per heavy atom. The third kappa shape index (κ3) is 3.08. The standard InChI is InChI=1S/C5H7N5O.C5H10O2/c1-2-11-5-3(10(1)5)4-6-8-9-7-4;1-5(2,3)7-4-6/h3-5H,1-2H2;4H,1-3H3. The number of hydrogen-bond donors (Lipinski definition) is 0. The molecule has 0 amide bonds. The molecule has 3 atom stereocenters. The number of rotatable bonds is 2. The summed E-state index contributed by atoms with van der Waals surface area (Å²) >= 11 is 0. The highest BCUT2D eigenvalue weighted by Crippen LogP contribution is 2.38. The first-order valence-electron chi connectivity index (χ1n) is 5.82. The second-order valence-corrected chi connectivity index (χ2v) is 5.14. The zero-order chi connectivity index (χ0) is 13.2. The fourth-order valence-corrected chi connectivity index (χ4v) is 1.80. The lowest BCUT2D eigenvalue weighted by Gasteiger charge is -2.14. The number of hydrogen-bond acceptors (Lipinski definition) is 8. The predicted molar refractivity (Wildman–Crippen MR) is 60.6 cm³/mol. The van der Waals surface area contributed by atoms with Crippen molar-refractivity contribution in [2.24, 2.45) is 20.7 Å². The van der Waals surface area contributed by atoms with Gasteiger partial charge in [-0.15, -0.1) is 10.2 Å². The topological polar surface area (TPSA) is 88.0 Å². The molecule has 3 aliphatic heterocycles. The van der Waals surface area contributed by atoms with Crippen LogP contribution in [0.1, 0.15) is 20.8 Å². The van der Waals surface area contributed by atoms with Gasteiger partial charge < -0.3 is 9.47 Å². The van der Waals surface area contributed by atoms with Gasteiger partial charge in [-0.25, -0.2) is 0 Å². The molecule has 100 valence electrons. The SMILES string of the molecule is C1CN2C(O1)C2C1N=NN=N1.CC(C)(C)OC=O. The second kappa shape index (κ2) is 5.07. The van der Waals surface area contributed by atoms with Crippen LogP contribution >= 0.6 is 0 Å². The van der Waals surface area contributed by atoms with Crippen LogP contribution in [0, 0.1) is 0 Å². The van der Waals surface area contributed by atoms with E-state index in [0.29, 0.717) is 12.5 Å². The first-order chi connectivity index (χ1) is 8.53. The van der Waals surface area contributed by atoms with Crippen molar-refractivity contribution >= 4 is 6.47 Å². The monoisotopic (exact) mass is 255 g/mol. The van der Waals surface area contributed by atoms with Crippen LogP contribution in [-0.4, -0.2) is 48.6 Å². The molecule has 3 rings (SSSR count). The largest absolute Gasteiger partial charge is 0.462 e. The van der Waals surface area contributed by atoms with Crippen LogP contribution in [-0.2, 0) is 14.3 Å². The Hall–Kier alpha value is -1.41. The van der Waals surface area contributed by atoms with E-state index in [1.54, 1.807) is 0 Å². The average Bonchev–Trinajstić information content (AvgIpc) is 2.78. The molecule has 0 aromatic rings. The second-order valence-electron chi connectivity index (χ2n) is 5.14. The molecule has 0 N–H and O–H groups in total. The molecule has 8 heteroatoms. The normalized spacial score (nSPS) is 32.7. The minimum absolute atomic E-state index is 0.0969. The Bertz CT molecular complexity index is 343. The average molecular weight is 255 g/mol. The van der Waals surface area contributed by atoms with Crippen molar-refractivity contribution in [3.05, 3.63) is 0 Å². The summed E-state index contributed by atoms with van der Waals surface area (Å²) < 4.78 is 9.92. The molecule has 2 fully saturated rings. The Labute approximate surface area is 105 Å². The zero-order valence-electron chi connectivity index (χ0n) is 10.7. The highest BCUT2D eigenvalue weighted by atomic mass is 16.5. The molecule has 3 aliphatic rings. The van der Waals surface area contributed by atoms with E-state index in [4.69, 9.17) is 4.74 Å². The van der Waals surface area contributed by atoms with Crippen LogP contribution < -0.4 is 0 Å². The third-order valence-corrected chi connectivity index (χ3v) is 2.64. The summed E-state index contributed by atoms with van der Waals surface area (Å²) in [5, 5.41) is 14.6. The summed E-state index contributed by atoms with van der Waals surface area (Å²) in [6.45, 7) is 7.75. The number of carbonyl (C=O) groups is 1. The van der Waals surface area contributed by atoms with Gasteiger partial charge in [0.15, 0.2) is 0 Å². The van der Waals surface area contributed by atoms with Crippen LogP contribution in [0.4, 0.5) is 0 Å². The van der Waals surface area contributed by atoms with E-state index in [0.717, 1.165) is 13.2 Å². The third-order valence-electron chi connectivity index (χ3n) is 2.64. The molecule has 0 aliphatic carbocycles. The fraction of sp³-hybridized carbons (Fsp3) is 0.900. The molecule has 0 bridgehead atoms. The Kier molecular flexibility index (Phi) is 3.67. The zero-order valence-corrected chi connectivity index (χ0v) is 10.7. The Morgan fingerprint density at radius 2 is 2.00 bits per heavy atom. The van der Waals surface area contributed by atoms with Gasteiger partial charge in [0, 0.05) is 6.54 Å². The minimum atomic E-state index is -0.318. The van der Waals surface area contributed by atoms with E-state index in [-0.39, 0.29) is 18.0 Å². The quantitative estimate of drug-likeness (QED) is 0.546. The number of morpholine rings is 1. The minimum Gasteiger partial charge on any atom is -0.462 e. The fourth-order valence-electron chi connectivity index (χ4n) is 1.80. The van der Waals surface area contributed by atoms with Gasteiger partial charge in [0.2, 0.25) is 6.17 Å². The van der Waals surface area contributed by atoms with Gasteiger partial charge in [0.05, 0.1) is 12.6 Å². The molecular formula is C10H17N5O3. The van der Waals surface area contributed by atoms with Crippen LogP contribution in [0.5, 0.6) is 0 Å². The van der Waals surface area contributed by atoms with Crippen molar-refractivity contribution in [2.45, 2.75) is 44.8 Å². The summed E-state index contributed by atoms with van der Waals surface area (Å²) in [5.41, 5.74) is -0.318. The lowest BCUT2D eigenvalue weighted by Crippen LogP contribution is -2.18. The lowest BCUT2D eigenvalue weighted by molar-refractivity contribution is -0.138. The molecule has 0 spiro atoms. The first kappa shape index (κ1) is 13.0. The van der Waals surface area contributed by atoms with E-state index in [9.17, 15) is 4.79 Å². The molecule has 0 aromatic carbocycles. The van der Waals surface area contributed by atoms with Crippen LogP contribution in [0.25, 0.3) is 0 Å². The highest BCUT2D eigenvalue weighted by Gasteiger charge is 2.57. The van der Waals surface area contributed by atoms with Gasteiger partial charge in [-0.2, -0.15) is 0 Å². The summed E-state index contributed by atoms with van der Waals surface area (Å²) in [5.74, 6) is 0. The molecule has 18 heavy (non-hydrogen) atoms. The molecule has 3 heterocycles. The maximum atomic E-state index is 9.60. The maximum absolute atomic E-state index is 9.60. The van der Waals surface area contributed by atoms with Crippen LogP contribution in [0.15, 0.2) is 20.7 Å². The molecule has 2 saturated heterocycles. The van der Waals surface area contributed by atoms with Crippen molar-refractivity contribution in [1.82, 2.24) is 4.90 Å². The van der Waals surface area contributed by atoms with Crippen molar-refractivity contribution < 1.29 is 14.3 Å². The van der Waals surface area contributed by atoms with E-state index in [1.807, 2.05) is 20.8 Å². The van der Waals surface area contributed by atoms with Crippen LogP contribution in [0.2, 0.25) is 0 Å². The van der Waals surface area contributed by atoms with Crippen molar-refractivity contribution in [3.63, 3.8) is 0 Å². The van der Waals surface area contributed by atoms with Gasteiger partial charge >= 0.3 is 0 Å². The van der Waals surface area contributed by atoms with Gasteiger partial charge in [-0.05, 0) is 31.2 Å². The number of carbonyl (C=O) groups excluding carboxylic acids is 1. The predicted octanol–water partition coefficient (Wildman–Crippen LogP) is 1.14. The molecule has 8 nitrogen and oxygen atoms in total. The summed E-state index contributed by atoms with van der Waals surface area (Å²) in [7, 11) is 0. The maximum Gasteiger partial charge on any atom is 0.293 e. The van der Waals surface area contributed by atoms with E-state index in [2.05, 4.69) is 30.3 Å². The summed E-state index contributed by atoms with van der Waals surface area (Å²) in [4.78, 5) is 11.8. The smallest absolute Gasteiger partial charge is 0.293 e. The Morgan fingerprint density at radius 3 is 2.39 bits per heavy atom. The van der Waals surface area contributed by atoms with Crippen LogP contribution in [0.3, 0.4) is 0 Å². The molecule has 3 unspecified atom stereocenters.